The van der Waals surface area contributed by atoms with Crippen molar-refractivity contribution in [2.75, 3.05) is 34.8 Å². The van der Waals surface area contributed by atoms with E-state index in [1.54, 1.807) is 24.7 Å². The molecule has 1 fully saturated rings. The number of anilines is 2. The molecule has 28 heavy (non-hydrogen) atoms. The molecule has 1 aromatic carbocycles. The van der Waals surface area contributed by atoms with Crippen LogP contribution in [0.4, 0.5) is 16.0 Å². The quantitative estimate of drug-likeness (QED) is 0.675. The van der Waals surface area contributed by atoms with Gasteiger partial charge in [0.25, 0.3) is 0 Å². The highest BCUT2D eigenvalue weighted by molar-refractivity contribution is 7.99. The molecule has 8 heteroatoms. The Morgan fingerprint density at radius 1 is 1.04 bits per heavy atom. The molecule has 144 valence electrons. The Morgan fingerprint density at radius 3 is 2.68 bits per heavy atom. The Kier molecular flexibility index (Phi) is 5.86. The fourth-order valence-corrected chi connectivity index (χ4v) is 3.74. The molecule has 1 saturated heterocycles. The van der Waals surface area contributed by atoms with Crippen LogP contribution in [0.25, 0.3) is 0 Å². The molecule has 0 spiro atoms. The molecule has 1 N–H and O–H groups in total. The summed E-state index contributed by atoms with van der Waals surface area (Å²) in [6.45, 7) is 2.60. The number of halogens is 1. The highest BCUT2D eigenvalue weighted by Gasteiger charge is 2.13. The van der Waals surface area contributed by atoms with Crippen LogP contribution in [0.15, 0.2) is 55.0 Å². The first-order valence-electron chi connectivity index (χ1n) is 9.03. The van der Waals surface area contributed by atoms with Gasteiger partial charge < -0.3 is 15.0 Å². The van der Waals surface area contributed by atoms with Gasteiger partial charge in [-0.1, -0.05) is 0 Å². The first kappa shape index (κ1) is 18.5. The maximum absolute atomic E-state index is 13.0. The van der Waals surface area contributed by atoms with Gasteiger partial charge in [-0.25, -0.2) is 19.3 Å². The van der Waals surface area contributed by atoms with Crippen LogP contribution in [0.5, 0.6) is 11.6 Å². The minimum Gasteiger partial charge on any atom is -0.439 e. The zero-order chi connectivity index (χ0) is 19.2. The van der Waals surface area contributed by atoms with Crippen LogP contribution >= 0.6 is 11.8 Å². The van der Waals surface area contributed by atoms with Gasteiger partial charge in [-0.05, 0) is 35.9 Å². The van der Waals surface area contributed by atoms with Crippen molar-refractivity contribution in [3.8, 4) is 11.6 Å². The van der Waals surface area contributed by atoms with Gasteiger partial charge in [-0.2, -0.15) is 11.8 Å². The molecule has 0 aliphatic carbocycles. The molecule has 0 bridgehead atoms. The fourth-order valence-electron chi connectivity index (χ4n) is 2.84. The van der Waals surface area contributed by atoms with Crippen LogP contribution in [-0.4, -0.2) is 39.5 Å². The minimum atomic E-state index is -0.300. The molecule has 6 nitrogen and oxygen atoms in total. The number of pyridine rings is 1. The van der Waals surface area contributed by atoms with E-state index < -0.39 is 0 Å². The zero-order valence-corrected chi connectivity index (χ0v) is 16.0. The van der Waals surface area contributed by atoms with Crippen molar-refractivity contribution < 1.29 is 9.13 Å². The number of nitrogens with zero attached hydrogens (tertiary/aromatic N) is 4. The van der Waals surface area contributed by atoms with E-state index in [9.17, 15) is 4.39 Å². The number of benzene rings is 1. The van der Waals surface area contributed by atoms with Crippen molar-refractivity contribution in [3.05, 3.63) is 66.4 Å². The molecule has 0 atom stereocenters. The fraction of sp³-hybridized carbons (Fsp3) is 0.250. The first-order chi connectivity index (χ1) is 13.8. The van der Waals surface area contributed by atoms with Crippen LogP contribution in [0, 0.1) is 5.82 Å². The second-order valence-corrected chi connectivity index (χ2v) is 7.50. The number of rotatable bonds is 6. The van der Waals surface area contributed by atoms with E-state index in [0.717, 1.165) is 41.8 Å². The van der Waals surface area contributed by atoms with Crippen LogP contribution in [0.3, 0.4) is 0 Å². The van der Waals surface area contributed by atoms with E-state index in [1.165, 1.54) is 12.1 Å². The van der Waals surface area contributed by atoms with Crippen molar-refractivity contribution >= 4 is 23.4 Å². The van der Waals surface area contributed by atoms with Crippen molar-refractivity contribution in [2.45, 2.75) is 6.54 Å². The molecular formula is C20H20FN5OS. The third kappa shape index (κ3) is 4.89. The number of thioether (sulfide) groups is 1. The predicted octanol–water partition coefficient (Wildman–Crippen LogP) is 3.97. The van der Waals surface area contributed by atoms with Gasteiger partial charge in [-0.15, -0.1) is 0 Å². The summed E-state index contributed by atoms with van der Waals surface area (Å²) in [6, 6.07) is 11.6. The van der Waals surface area contributed by atoms with E-state index in [4.69, 9.17) is 4.74 Å². The van der Waals surface area contributed by atoms with Crippen molar-refractivity contribution in [1.82, 2.24) is 15.0 Å². The highest BCUT2D eigenvalue weighted by atomic mass is 32.2. The third-order valence-electron chi connectivity index (χ3n) is 4.30. The molecule has 1 aliphatic heterocycles. The molecular weight excluding hydrogens is 377 g/mol. The third-order valence-corrected chi connectivity index (χ3v) is 5.24. The normalized spacial score (nSPS) is 14.0. The van der Waals surface area contributed by atoms with Crippen molar-refractivity contribution in [3.63, 3.8) is 0 Å². The van der Waals surface area contributed by atoms with E-state index in [0.29, 0.717) is 18.2 Å². The Hall–Kier alpha value is -2.87. The molecule has 2 aromatic heterocycles. The van der Waals surface area contributed by atoms with E-state index in [-0.39, 0.29) is 5.82 Å². The maximum Gasteiger partial charge on any atom is 0.219 e. The van der Waals surface area contributed by atoms with Gasteiger partial charge in [0.2, 0.25) is 5.88 Å². The largest absolute Gasteiger partial charge is 0.439 e. The van der Waals surface area contributed by atoms with Gasteiger partial charge in [0.1, 0.15) is 29.5 Å². The second-order valence-electron chi connectivity index (χ2n) is 6.27. The summed E-state index contributed by atoms with van der Waals surface area (Å²) in [5.41, 5.74) is 1.00. The standard InChI is InChI=1S/C20H20FN5OS/c21-16-1-3-17(4-2-16)27-20-11-15(5-6-22-20)13-23-18-12-19(25-14-24-18)26-7-9-28-10-8-26/h1-6,11-12,14H,7-10,13H2,(H,23,24,25). The van der Waals surface area contributed by atoms with Gasteiger partial charge in [0, 0.05) is 49.5 Å². The second kappa shape index (κ2) is 8.88. The average Bonchev–Trinajstić information content (AvgIpc) is 2.75. The van der Waals surface area contributed by atoms with Gasteiger partial charge in [0.15, 0.2) is 0 Å². The minimum absolute atomic E-state index is 0.300. The van der Waals surface area contributed by atoms with Gasteiger partial charge in [-0.3, -0.25) is 0 Å². The number of aromatic nitrogens is 3. The summed E-state index contributed by atoms with van der Waals surface area (Å²) in [6.07, 6.45) is 3.28. The summed E-state index contributed by atoms with van der Waals surface area (Å²) >= 11 is 1.97. The zero-order valence-electron chi connectivity index (χ0n) is 15.2. The van der Waals surface area contributed by atoms with Crippen molar-refractivity contribution in [1.29, 1.82) is 0 Å². The predicted molar refractivity (Wildman–Crippen MR) is 110 cm³/mol. The van der Waals surface area contributed by atoms with E-state index in [2.05, 4.69) is 25.2 Å². The summed E-state index contributed by atoms with van der Waals surface area (Å²) in [5, 5.41) is 3.32. The van der Waals surface area contributed by atoms with Crippen LogP contribution in [-0.2, 0) is 6.54 Å². The lowest BCUT2D eigenvalue weighted by molar-refractivity contribution is 0.460. The van der Waals surface area contributed by atoms with Gasteiger partial charge >= 0.3 is 0 Å². The van der Waals surface area contributed by atoms with Crippen LogP contribution in [0.1, 0.15) is 5.56 Å². The SMILES string of the molecule is Fc1ccc(Oc2cc(CNc3cc(N4CCSCC4)ncn3)ccn2)cc1. The van der Waals surface area contributed by atoms with E-state index in [1.807, 2.05) is 30.0 Å². The molecule has 3 heterocycles. The summed E-state index contributed by atoms with van der Waals surface area (Å²) in [4.78, 5) is 15.2. The highest BCUT2D eigenvalue weighted by Crippen LogP contribution is 2.22. The maximum atomic E-state index is 13.0. The monoisotopic (exact) mass is 397 g/mol. The molecule has 0 amide bonds. The van der Waals surface area contributed by atoms with E-state index >= 15 is 0 Å². The lowest BCUT2D eigenvalue weighted by atomic mass is 10.2. The summed E-state index contributed by atoms with van der Waals surface area (Å²) < 4.78 is 18.7. The van der Waals surface area contributed by atoms with Crippen molar-refractivity contribution in [2.24, 2.45) is 0 Å². The lowest BCUT2D eigenvalue weighted by Crippen LogP contribution is -2.33. The number of hydrogen-bond acceptors (Lipinski definition) is 7. The summed E-state index contributed by atoms with van der Waals surface area (Å²) in [5.74, 6) is 4.68. The smallest absolute Gasteiger partial charge is 0.219 e. The lowest BCUT2D eigenvalue weighted by Gasteiger charge is -2.27. The number of hydrogen-bond donors (Lipinski definition) is 1. The number of ether oxygens (including phenoxy) is 1. The van der Waals surface area contributed by atoms with Gasteiger partial charge in [0.05, 0.1) is 0 Å². The molecule has 0 saturated carbocycles. The van der Waals surface area contributed by atoms with Crippen LogP contribution in [0.2, 0.25) is 0 Å². The summed E-state index contributed by atoms with van der Waals surface area (Å²) in [7, 11) is 0. The first-order valence-corrected chi connectivity index (χ1v) is 10.2. The Balaban J connectivity index is 1.39. The number of nitrogens with one attached hydrogen (secondary N) is 1. The Labute approximate surface area is 167 Å². The average molecular weight is 397 g/mol. The molecule has 1 aliphatic rings. The topological polar surface area (TPSA) is 63.2 Å². The Bertz CT molecular complexity index is 918. The molecule has 4 rings (SSSR count). The Morgan fingerprint density at radius 2 is 1.86 bits per heavy atom. The molecule has 0 radical (unpaired) electrons. The molecule has 0 unspecified atom stereocenters. The molecule has 3 aromatic rings. The van der Waals surface area contributed by atoms with Crippen LogP contribution < -0.4 is 15.0 Å².